The lowest BCUT2D eigenvalue weighted by molar-refractivity contribution is -0.139. The molecule has 0 bridgehead atoms. The van der Waals surface area contributed by atoms with Gasteiger partial charge in [-0.15, -0.1) is 0 Å². The van der Waals surface area contributed by atoms with Crippen LogP contribution < -0.4 is 10.6 Å². The predicted octanol–water partition coefficient (Wildman–Crippen LogP) is 18.5. The highest BCUT2D eigenvalue weighted by Crippen LogP contribution is 2.85. The number of carbonyl (C=O) groups excluding carboxylic acids is 2. The van der Waals surface area contributed by atoms with E-state index in [9.17, 15) is 19.5 Å². The summed E-state index contributed by atoms with van der Waals surface area (Å²) < 4.78 is 5.80. The molecule has 8 nitrogen and oxygen atoms in total. The zero-order valence-electron chi connectivity index (χ0n) is 47.8. The maximum Gasteiger partial charge on any atom is 0.407 e. The second kappa shape index (κ2) is 10.1. The first-order valence-corrected chi connectivity index (χ1v) is 33.6. The molecule has 0 saturated carbocycles. The van der Waals surface area contributed by atoms with E-state index in [-0.39, 0.29) is 42.1 Å². The Balaban J connectivity index is 0.629. The summed E-state index contributed by atoms with van der Waals surface area (Å²) >= 11 is 0. The van der Waals surface area contributed by atoms with E-state index in [2.05, 4.69) is 39.8 Å². The number of hydrogen-bond acceptors (Lipinski definition) is 5. The quantitative estimate of drug-likeness (QED) is 0.118. The van der Waals surface area contributed by atoms with Crippen LogP contribution in [0.2, 0.25) is 0 Å². The monoisotopic (exact) mass is 1160 g/mol. The maximum atomic E-state index is 14.3. The van der Waals surface area contributed by atoms with Crippen molar-refractivity contribution in [1.29, 1.82) is 0 Å². The van der Waals surface area contributed by atoms with E-state index in [1.54, 1.807) is 313 Å². The fourth-order valence-electron chi connectivity index (χ4n) is 28.8. The highest BCUT2D eigenvalue weighted by atomic mass is 16.5. The van der Waals surface area contributed by atoms with Crippen LogP contribution in [0.3, 0.4) is 0 Å². The number of carboxylic acids is 1. The number of carbonyl (C=O) groups is 3. The fraction of sp³-hybridized carbons (Fsp3) is 0.131. The van der Waals surface area contributed by atoms with Gasteiger partial charge in [0.15, 0.2) is 0 Å². The van der Waals surface area contributed by atoms with Gasteiger partial charge < -0.3 is 20.5 Å². The van der Waals surface area contributed by atoms with Crippen LogP contribution in [0.15, 0.2) is 48.5 Å². The molecule has 30 aromatic rings. The zero-order chi connectivity index (χ0) is 57.0. The fourth-order valence-corrected chi connectivity index (χ4v) is 28.8. The molecule has 0 radical (unpaired) electrons. The molecule has 5 aliphatic carbocycles. The molecule has 2 amide bonds. The Kier molecular flexibility index (Phi) is 4.29. The van der Waals surface area contributed by atoms with Gasteiger partial charge in [-0.05, 0) is 342 Å². The number of aliphatic carboxylic acids is 1. The minimum atomic E-state index is -1.29. The molecule has 1 aliphatic heterocycles. The molecular weight excluding hydrogens is 1130 g/mol. The highest BCUT2D eigenvalue weighted by molar-refractivity contribution is 6.82. The number of benzene rings is 20. The Morgan fingerprint density at radius 2 is 0.663 bits per heavy atom. The van der Waals surface area contributed by atoms with E-state index in [0.717, 1.165) is 35.3 Å². The van der Waals surface area contributed by atoms with E-state index >= 15 is 0 Å². The van der Waals surface area contributed by atoms with E-state index in [0.29, 0.717) is 13.1 Å². The molecule has 92 heavy (non-hydrogen) atoms. The molecule has 408 valence electrons. The summed E-state index contributed by atoms with van der Waals surface area (Å²) in [6, 6.07) is 15.0. The summed E-state index contributed by atoms with van der Waals surface area (Å²) in [5.41, 5.74) is 10.2. The maximum absolute atomic E-state index is 14.3. The summed E-state index contributed by atoms with van der Waals surface area (Å²) in [5.74, 6) is -1.56. The molecule has 0 aromatic heterocycles. The number of ether oxygens (including phenoxy) is 1. The topological polar surface area (TPSA) is 108 Å². The van der Waals surface area contributed by atoms with Crippen LogP contribution in [0.25, 0.3) is 302 Å². The lowest BCUT2D eigenvalue weighted by atomic mass is 9.50. The first-order chi connectivity index (χ1) is 45.5. The van der Waals surface area contributed by atoms with Crippen molar-refractivity contribution in [3.05, 3.63) is 81.9 Å². The lowest BCUT2D eigenvalue weighted by Crippen LogP contribution is -2.51. The summed E-state index contributed by atoms with van der Waals surface area (Å²) in [6.07, 6.45) is -0.901. The van der Waals surface area contributed by atoms with Gasteiger partial charge in [-0.1, -0.05) is 48.5 Å². The second-order valence-corrected chi connectivity index (χ2v) is 31.5. The van der Waals surface area contributed by atoms with Gasteiger partial charge in [0.25, 0.3) is 0 Å². The molecule has 8 heteroatoms. The summed E-state index contributed by atoms with van der Waals surface area (Å²) in [4.78, 5) is 43.4. The van der Waals surface area contributed by atoms with Gasteiger partial charge in [0, 0.05) is 38.5 Å². The minimum absolute atomic E-state index is 0.0457. The van der Waals surface area contributed by atoms with Crippen LogP contribution in [-0.2, 0) is 25.2 Å². The first kappa shape index (κ1) is 39.3. The number of rotatable bonds is 10. The summed E-state index contributed by atoms with van der Waals surface area (Å²) in [5, 5.41) is 103. The highest BCUT2D eigenvalue weighted by Gasteiger charge is 2.73. The number of amides is 2. The van der Waals surface area contributed by atoms with Crippen molar-refractivity contribution in [1.82, 2.24) is 15.5 Å². The average molecular weight is 1160 g/mol. The Morgan fingerprint density at radius 1 is 0.402 bits per heavy atom. The molecule has 36 rings (SSSR count). The van der Waals surface area contributed by atoms with Crippen molar-refractivity contribution in [3.63, 3.8) is 0 Å². The number of nitrogens with zero attached hydrogens (tertiary/aromatic N) is 1. The summed E-state index contributed by atoms with van der Waals surface area (Å²) in [6.45, 7) is 2.90. The SMILES string of the molecule is O=C(CC[C@H](NC(=O)OCC1c2ccccc2-c2ccccc21)C(=O)O)NCCN1CC23c4c5c6c7c8c9c(c%10c%11c2c2c4c4c%12c5c5c6c6c8c8c%13c9c9c%10c%10c%11c%11c2c2c4c4c%12c%12c5c5c6c8c6c8c%13c9c9c%10c%10c%11c2c2c4c4c%12c5c6c5c8c9c%10c2c45)C73C1. The minimum Gasteiger partial charge on any atom is -0.480 e. The predicted molar refractivity (Wildman–Crippen MR) is 372 cm³/mol. The number of carboxylic acid groups (broad SMARTS) is 1. The van der Waals surface area contributed by atoms with E-state index in [4.69, 9.17) is 4.74 Å². The molecule has 1 atom stereocenters. The first-order valence-electron chi connectivity index (χ1n) is 33.6. The molecule has 2 spiro atoms. The Labute approximate surface area is 507 Å². The average Bonchev–Trinajstić information content (AvgIpc) is 1.38. The molecular formula is C84H27N3O5. The molecule has 0 unspecified atom stereocenters. The number of likely N-dealkylation sites (tertiary alicyclic amines) is 1. The van der Waals surface area contributed by atoms with Gasteiger partial charge in [-0.2, -0.15) is 0 Å². The third kappa shape index (κ3) is 2.61. The molecule has 1 fully saturated rings. The third-order valence-corrected chi connectivity index (χ3v) is 30.0. The Morgan fingerprint density at radius 3 is 0.935 bits per heavy atom. The van der Waals surface area contributed by atoms with E-state index < -0.39 is 18.1 Å². The molecule has 6 aliphatic rings. The van der Waals surface area contributed by atoms with Crippen LogP contribution in [0.4, 0.5) is 4.79 Å². The van der Waals surface area contributed by atoms with E-state index in [1.807, 2.05) is 24.3 Å². The van der Waals surface area contributed by atoms with Crippen LogP contribution in [-0.4, -0.2) is 66.8 Å². The van der Waals surface area contributed by atoms with Crippen molar-refractivity contribution in [3.8, 4) is 11.1 Å². The third-order valence-electron chi connectivity index (χ3n) is 30.0. The standard InChI is InChI=1S/C84H27N3O5/c88-22(10-9-21(81(89)90)86-82(91)92-13-20-18-7-3-1-5-16(18)17-6-2-4-8-19(17)20)85-11-12-87-14-83-77-69-61-51-41-33-25-23-24-27-31-29(25)37-45-39(31)49-43-35(27)36-28(24)32-30-26(23)34(33)42-48-38(30)46-40(32)50-44(36)54-53(43)63-57(49)67-59(45)65(55(61)47(37)41)73(77)75(67)79-71(63)72-64(54)58(50)68-60(46)66-56(48)62(52(42)51)70(69)78(83)74(66)76(68)80(72)84(79,83)15-87/h1-8,20-21H,9-15H2,(H,85,88)(H,86,91)(H,89,90)/t21-,83?,84?/m0/s1. The van der Waals surface area contributed by atoms with E-state index in [1.165, 1.54) is 0 Å². The van der Waals surface area contributed by atoms with Gasteiger partial charge in [0.05, 0.1) is 10.8 Å². The number of fused-ring (bicyclic) bond motifs is 3. The van der Waals surface area contributed by atoms with Gasteiger partial charge in [0.1, 0.15) is 12.6 Å². The number of hydrogen-bond donors (Lipinski definition) is 3. The van der Waals surface area contributed by atoms with Crippen LogP contribution in [0, 0.1) is 0 Å². The van der Waals surface area contributed by atoms with Gasteiger partial charge in [-0.3, -0.25) is 9.69 Å². The van der Waals surface area contributed by atoms with Crippen LogP contribution >= 0.6 is 0 Å². The van der Waals surface area contributed by atoms with Crippen molar-refractivity contribution in [2.24, 2.45) is 0 Å². The lowest BCUT2D eigenvalue weighted by Gasteiger charge is -2.49. The van der Waals surface area contributed by atoms with Crippen LogP contribution in [0.1, 0.15) is 52.1 Å². The number of nitrogens with one attached hydrogen (secondary N) is 2. The van der Waals surface area contributed by atoms with Gasteiger partial charge in [-0.25, -0.2) is 9.59 Å². The molecule has 1 saturated heterocycles. The Bertz CT molecular complexity index is 7890. The largest absolute Gasteiger partial charge is 0.480 e. The van der Waals surface area contributed by atoms with Crippen molar-refractivity contribution in [2.45, 2.75) is 35.6 Å². The smallest absolute Gasteiger partial charge is 0.407 e. The van der Waals surface area contributed by atoms with Crippen molar-refractivity contribution < 1.29 is 24.2 Å². The molecule has 30 aromatic carbocycles. The second-order valence-electron chi connectivity index (χ2n) is 31.5. The van der Waals surface area contributed by atoms with Crippen molar-refractivity contribution in [2.75, 3.05) is 32.8 Å². The molecule has 3 N–H and O–H groups in total. The molecule has 1 heterocycles. The normalized spacial score (nSPS) is 20.9. The zero-order valence-corrected chi connectivity index (χ0v) is 47.8. The van der Waals surface area contributed by atoms with Gasteiger partial charge >= 0.3 is 12.1 Å². The van der Waals surface area contributed by atoms with Gasteiger partial charge in [0.2, 0.25) is 5.91 Å². The van der Waals surface area contributed by atoms with Crippen molar-refractivity contribution >= 4 is 309 Å². The Hall–Kier alpha value is -10.9. The summed E-state index contributed by atoms with van der Waals surface area (Å²) in [7, 11) is 0. The number of alkyl carbamates (subject to hydrolysis) is 1. The van der Waals surface area contributed by atoms with Crippen LogP contribution in [0.5, 0.6) is 0 Å².